The van der Waals surface area contributed by atoms with E-state index in [0.29, 0.717) is 18.3 Å². The molecule has 0 aromatic heterocycles. The second kappa shape index (κ2) is 7.60. The third kappa shape index (κ3) is 3.77. The van der Waals surface area contributed by atoms with Crippen LogP contribution in [0.15, 0.2) is 29.2 Å². The molecule has 1 aliphatic carbocycles. The van der Waals surface area contributed by atoms with Gasteiger partial charge in [0, 0.05) is 23.1 Å². The van der Waals surface area contributed by atoms with Gasteiger partial charge in [-0.25, -0.2) is 0 Å². The molecule has 4 nitrogen and oxygen atoms in total. The molecule has 1 aliphatic heterocycles. The summed E-state index contributed by atoms with van der Waals surface area (Å²) in [5.74, 6) is 1.89. The molecule has 2 aliphatic rings. The highest BCUT2D eigenvalue weighted by atomic mass is 32.2. The van der Waals surface area contributed by atoms with Crippen molar-refractivity contribution >= 4 is 29.3 Å². The van der Waals surface area contributed by atoms with E-state index in [0.717, 1.165) is 22.8 Å². The lowest BCUT2D eigenvalue weighted by molar-refractivity contribution is -0.124. The average Bonchev–Trinajstić information content (AvgIpc) is 2.72. The largest absolute Gasteiger partial charge is 0.352 e. The molecule has 3 unspecified atom stereocenters. The van der Waals surface area contributed by atoms with Crippen LogP contribution in [0.1, 0.15) is 39.5 Å². The van der Waals surface area contributed by atoms with E-state index in [1.807, 2.05) is 24.3 Å². The molecule has 0 radical (unpaired) electrons. The smallest absolute Gasteiger partial charge is 0.240 e. The first-order valence-electron chi connectivity index (χ1n) is 8.88. The van der Waals surface area contributed by atoms with Crippen molar-refractivity contribution in [2.75, 3.05) is 17.2 Å². The first-order chi connectivity index (χ1) is 11.6. The molecular formula is C19H26N2O2S. The molecule has 0 spiro atoms. The number of para-hydroxylation sites is 1. The Balaban J connectivity index is 1.70. The zero-order chi connectivity index (χ0) is 17.1. The first kappa shape index (κ1) is 17.3. The molecule has 0 bridgehead atoms. The van der Waals surface area contributed by atoms with Crippen molar-refractivity contribution in [3.8, 4) is 0 Å². The number of hydrogen-bond acceptors (Lipinski definition) is 3. The zero-order valence-corrected chi connectivity index (χ0v) is 15.3. The van der Waals surface area contributed by atoms with E-state index in [4.69, 9.17) is 0 Å². The predicted octanol–water partition coefficient (Wildman–Crippen LogP) is 3.46. The fraction of sp³-hybridized carbons (Fsp3) is 0.579. The van der Waals surface area contributed by atoms with Gasteiger partial charge in [-0.15, -0.1) is 11.8 Å². The fourth-order valence-corrected chi connectivity index (χ4v) is 4.67. The molecule has 24 heavy (non-hydrogen) atoms. The molecule has 1 saturated carbocycles. The summed E-state index contributed by atoms with van der Waals surface area (Å²) in [5.41, 5.74) is 0.866. The SMILES string of the molecule is CC1CCCC(NC(=O)CN2C(=O)CCSc3ccccc32)C1C. The van der Waals surface area contributed by atoms with Crippen LogP contribution in [0, 0.1) is 11.8 Å². The molecule has 3 rings (SSSR count). The van der Waals surface area contributed by atoms with Gasteiger partial charge in [0.05, 0.1) is 5.69 Å². The van der Waals surface area contributed by atoms with Gasteiger partial charge in [0.1, 0.15) is 6.54 Å². The van der Waals surface area contributed by atoms with Crippen molar-refractivity contribution in [3.05, 3.63) is 24.3 Å². The highest BCUT2D eigenvalue weighted by molar-refractivity contribution is 7.99. The second-order valence-electron chi connectivity index (χ2n) is 6.99. The van der Waals surface area contributed by atoms with Gasteiger partial charge in [-0.05, 0) is 30.4 Å². The Morgan fingerprint density at radius 2 is 2.08 bits per heavy atom. The summed E-state index contributed by atoms with van der Waals surface area (Å²) >= 11 is 1.69. The lowest BCUT2D eigenvalue weighted by atomic mass is 9.78. The second-order valence-corrected chi connectivity index (χ2v) is 8.12. The average molecular weight is 346 g/mol. The lowest BCUT2D eigenvalue weighted by Gasteiger charge is -2.35. The van der Waals surface area contributed by atoms with Crippen LogP contribution in [-0.4, -0.2) is 30.2 Å². The molecule has 1 aromatic carbocycles. The van der Waals surface area contributed by atoms with Crippen LogP contribution >= 0.6 is 11.8 Å². The third-order valence-electron chi connectivity index (χ3n) is 5.39. The van der Waals surface area contributed by atoms with Crippen LogP contribution in [-0.2, 0) is 9.59 Å². The van der Waals surface area contributed by atoms with Crippen LogP contribution in [0.4, 0.5) is 5.69 Å². The molecule has 1 fully saturated rings. The summed E-state index contributed by atoms with van der Waals surface area (Å²) in [7, 11) is 0. The van der Waals surface area contributed by atoms with E-state index in [1.54, 1.807) is 16.7 Å². The molecule has 1 heterocycles. The summed E-state index contributed by atoms with van der Waals surface area (Å²) in [5, 5.41) is 3.18. The third-order valence-corrected chi connectivity index (χ3v) is 6.45. The minimum Gasteiger partial charge on any atom is -0.352 e. The van der Waals surface area contributed by atoms with Gasteiger partial charge in [0.2, 0.25) is 11.8 Å². The Labute approximate surface area is 148 Å². The quantitative estimate of drug-likeness (QED) is 0.912. The molecule has 0 saturated heterocycles. The summed E-state index contributed by atoms with van der Waals surface area (Å²) in [6, 6.07) is 8.09. The van der Waals surface area contributed by atoms with E-state index < -0.39 is 0 Å². The minimum absolute atomic E-state index is 0.0349. The number of thioether (sulfide) groups is 1. The predicted molar refractivity (Wildman–Crippen MR) is 98.2 cm³/mol. The van der Waals surface area contributed by atoms with Gasteiger partial charge in [-0.3, -0.25) is 9.59 Å². The monoisotopic (exact) mass is 346 g/mol. The number of nitrogens with one attached hydrogen (secondary N) is 1. The van der Waals surface area contributed by atoms with Crippen molar-refractivity contribution < 1.29 is 9.59 Å². The van der Waals surface area contributed by atoms with Gasteiger partial charge >= 0.3 is 0 Å². The van der Waals surface area contributed by atoms with Crippen LogP contribution in [0.2, 0.25) is 0 Å². The van der Waals surface area contributed by atoms with Crippen molar-refractivity contribution in [1.82, 2.24) is 5.32 Å². The maximum Gasteiger partial charge on any atom is 0.240 e. The molecule has 5 heteroatoms. The maximum absolute atomic E-state index is 12.6. The number of carbonyl (C=O) groups excluding carboxylic acids is 2. The Kier molecular flexibility index (Phi) is 5.49. The summed E-state index contributed by atoms with van der Waals surface area (Å²) in [6.45, 7) is 4.60. The van der Waals surface area contributed by atoms with Crippen molar-refractivity contribution in [3.63, 3.8) is 0 Å². The number of benzene rings is 1. The van der Waals surface area contributed by atoms with Gasteiger partial charge in [-0.2, -0.15) is 0 Å². The number of amides is 2. The van der Waals surface area contributed by atoms with Gasteiger partial charge in [-0.1, -0.05) is 38.8 Å². The van der Waals surface area contributed by atoms with Crippen molar-refractivity contribution in [1.29, 1.82) is 0 Å². The van der Waals surface area contributed by atoms with E-state index in [-0.39, 0.29) is 24.4 Å². The minimum atomic E-state index is -0.0454. The first-order valence-corrected chi connectivity index (χ1v) is 9.86. The summed E-state index contributed by atoms with van der Waals surface area (Å²) < 4.78 is 0. The van der Waals surface area contributed by atoms with E-state index in [2.05, 4.69) is 19.2 Å². The number of hydrogen-bond donors (Lipinski definition) is 1. The van der Waals surface area contributed by atoms with Gasteiger partial charge in [0.25, 0.3) is 0 Å². The van der Waals surface area contributed by atoms with Crippen LogP contribution in [0.3, 0.4) is 0 Å². The maximum atomic E-state index is 12.6. The van der Waals surface area contributed by atoms with Crippen LogP contribution < -0.4 is 10.2 Å². The molecular weight excluding hydrogens is 320 g/mol. The zero-order valence-electron chi connectivity index (χ0n) is 14.5. The normalized spacial score (nSPS) is 27.3. The Morgan fingerprint density at radius 1 is 1.29 bits per heavy atom. The summed E-state index contributed by atoms with van der Waals surface area (Å²) in [4.78, 5) is 27.8. The number of nitrogens with zero attached hydrogens (tertiary/aromatic N) is 1. The van der Waals surface area contributed by atoms with Gasteiger partial charge in [0.15, 0.2) is 0 Å². The van der Waals surface area contributed by atoms with E-state index in [9.17, 15) is 9.59 Å². The molecule has 1 aromatic rings. The van der Waals surface area contributed by atoms with Gasteiger partial charge < -0.3 is 10.2 Å². The lowest BCUT2D eigenvalue weighted by Crippen LogP contribution is -2.48. The highest BCUT2D eigenvalue weighted by Gasteiger charge is 2.30. The number of fused-ring (bicyclic) bond motifs is 1. The van der Waals surface area contributed by atoms with E-state index >= 15 is 0 Å². The Bertz CT molecular complexity index is 619. The van der Waals surface area contributed by atoms with Crippen LogP contribution in [0.5, 0.6) is 0 Å². The standard InChI is InChI=1S/C19H26N2O2S/c1-13-6-5-7-15(14(13)2)20-18(22)12-21-16-8-3-4-9-17(16)24-11-10-19(21)23/h3-4,8-9,13-15H,5-7,10-12H2,1-2H3,(H,20,22). The number of anilines is 1. The van der Waals surface area contributed by atoms with Crippen molar-refractivity contribution in [2.45, 2.75) is 50.5 Å². The number of carbonyl (C=O) groups is 2. The van der Waals surface area contributed by atoms with Crippen LogP contribution in [0.25, 0.3) is 0 Å². The van der Waals surface area contributed by atoms with Crippen molar-refractivity contribution in [2.24, 2.45) is 11.8 Å². The Morgan fingerprint density at radius 3 is 2.92 bits per heavy atom. The highest BCUT2D eigenvalue weighted by Crippen LogP contribution is 2.34. The molecule has 2 amide bonds. The molecule has 130 valence electrons. The van der Waals surface area contributed by atoms with E-state index in [1.165, 1.54) is 12.8 Å². The topological polar surface area (TPSA) is 49.4 Å². The molecule has 1 N–H and O–H groups in total. The Hall–Kier alpha value is -1.49. The molecule has 3 atom stereocenters. The number of rotatable bonds is 3. The fourth-order valence-electron chi connectivity index (χ4n) is 3.67. The summed E-state index contributed by atoms with van der Waals surface area (Å²) in [6.07, 6.45) is 3.92.